The molecule has 0 spiro atoms. The van der Waals surface area contributed by atoms with E-state index in [1.165, 1.54) is 29.8 Å². The highest BCUT2D eigenvalue weighted by Crippen LogP contribution is 2.25. The first kappa shape index (κ1) is 13.6. The number of phenols is 1. The summed E-state index contributed by atoms with van der Waals surface area (Å²) < 4.78 is 1.18. The number of benzene rings is 1. The van der Waals surface area contributed by atoms with Crippen LogP contribution >= 0.6 is 0 Å². The van der Waals surface area contributed by atoms with Crippen molar-refractivity contribution in [3.05, 3.63) is 51.7 Å². The van der Waals surface area contributed by atoms with Crippen LogP contribution in [0, 0.1) is 17.0 Å². The van der Waals surface area contributed by atoms with E-state index in [0.717, 1.165) is 5.56 Å². The Morgan fingerprint density at radius 3 is 2.60 bits per heavy atom. The van der Waals surface area contributed by atoms with Crippen molar-refractivity contribution < 1.29 is 14.8 Å². The number of amides is 1. The molecule has 0 atom stereocenters. The molecular formula is C13H13N3O4. The number of hydrogen-bond acceptors (Lipinski definition) is 4. The van der Waals surface area contributed by atoms with Gasteiger partial charge in [0.2, 0.25) is 0 Å². The number of carbonyl (C=O) groups is 1. The summed E-state index contributed by atoms with van der Waals surface area (Å²) in [4.78, 5) is 22.2. The van der Waals surface area contributed by atoms with Gasteiger partial charge < -0.3 is 20.5 Å². The van der Waals surface area contributed by atoms with Gasteiger partial charge in [-0.05, 0) is 35.6 Å². The Morgan fingerprint density at radius 2 is 2.05 bits per heavy atom. The number of nitrogens with zero attached hydrogens (tertiary/aromatic N) is 2. The Morgan fingerprint density at radius 1 is 1.35 bits per heavy atom. The van der Waals surface area contributed by atoms with Crippen LogP contribution in [0.15, 0.2) is 30.3 Å². The second-order valence-corrected chi connectivity index (χ2v) is 4.37. The highest BCUT2D eigenvalue weighted by atomic mass is 16.6. The summed E-state index contributed by atoms with van der Waals surface area (Å²) in [6.07, 6.45) is 0. The SMILES string of the molecule is Cc1ccc(NC(=O)c2ccc([N+](=O)[O-])n2C)c(O)c1. The molecule has 104 valence electrons. The van der Waals surface area contributed by atoms with Crippen molar-refractivity contribution in [3.63, 3.8) is 0 Å². The van der Waals surface area contributed by atoms with Gasteiger partial charge in [0.15, 0.2) is 5.69 Å². The fourth-order valence-corrected chi connectivity index (χ4v) is 1.85. The molecule has 1 heterocycles. The smallest absolute Gasteiger partial charge is 0.323 e. The molecule has 0 aliphatic heterocycles. The minimum absolute atomic E-state index is 0.0536. The Balaban J connectivity index is 2.26. The lowest BCUT2D eigenvalue weighted by Crippen LogP contribution is -2.16. The molecule has 7 nitrogen and oxygen atoms in total. The van der Waals surface area contributed by atoms with E-state index >= 15 is 0 Å². The van der Waals surface area contributed by atoms with Crippen LogP contribution in [-0.4, -0.2) is 20.5 Å². The standard InChI is InChI=1S/C13H13N3O4/c1-8-3-4-9(11(17)7-8)14-13(18)10-5-6-12(15(10)2)16(19)20/h3-7,17H,1-2H3,(H,14,18). The highest BCUT2D eigenvalue weighted by Gasteiger charge is 2.21. The third-order valence-electron chi connectivity index (χ3n) is 2.92. The Hall–Kier alpha value is -2.83. The van der Waals surface area contributed by atoms with Gasteiger partial charge in [-0.1, -0.05) is 6.07 Å². The van der Waals surface area contributed by atoms with Crippen molar-refractivity contribution in [1.29, 1.82) is 0 Å². The van der Waals surface area contributed by atoms with Crippen molar-refractivity contribution in [3.8, 4) is 5.75 Å². The molecular weight excluding hydrogens is 262 g/mol. The van der Waals surface area contributed by atoms with Gasteiger partial charge in [-0.25, -0.2) is 4.57 Å². The number of nitrogens with one attached hydrogen (secondary N) is 1. The van der Waals surface area contributed by atoms with Crippen molar-refractivity contribution in [1.82, 2.24) is 4.57 Å². The van der Waals surface area contributed by atoms with Crippen molar-refractivity contribution in [2.75, 3.05) is 5.32 Å². The molecule has 2 N–H and O–H groups in total. The van der Waals surface area contributed by atoms with E-state index in [0.29, 0.717) is 0 Å². The molecule has 2 aromatic rings. The van der Waals surface area contributed by atoms with Crippen LogP contribution in [0.25, 0.3) is 0 Å². The van der Waals surface area contributed by atoms with E-state index in [1.807, 2.05) is 6.92 Å². The molecule has 1 aromatic heterocycles. The Kier molecular flexibility index (Phi) is 3.43. The molecule has 0 bridgehead atoms. The van der Waals surface area contributed by atoms with Gasteiger partial charge in [0.1, 0.15) is 5.75 Å². The quantitative estimate of drug-likeness (QED) is 0.509. The molecule has 1 aromatic carbocycles. The maximum absolute atomic E-state index is 12.0. The van der Waals surface area contributed by atoms with Gasteiger partial charge in [-0.15, -0.1) is 0 Å². The van der Waals surface area contributed by atoms with Crippen LogP contribution < -0.4 is 5.32 Å². The zero-order valence-corrected chi connectivity index (χ0v) is 11.0. The van der Waals surface area contributed by atoms with E-state index in [4.69, 9.17) is 0 Å². The van der Waals surface area contributed by atoms with Gasteiger partial charge in [0, 0.05) is 6.07 Å². The van der Waals surface area contributed by atoms with E-state index in [2.05, 4.69) is 5.32 Å². The summed E-state index contributed by atoms with van der Waals surface area (Å²) in [6, 6.07) is 7.44. The number of phenolic OH excluding ortho intramolecular Hbond substituents is 1. The third-order valence-corrected chi connectivity index (χ3v) is 2.92. The second kappa shape index (κ2) is 5.04. The normalized spacial score (nSPS) is 10.3. The zero-order chi connectivity index (χ0) is 14.9. The molecule has 1 amide bonds. The average molecular weight is 275 g/mol. The summed E-state index contributed by atoms with van der Waals surface area (Å²) in [5.74, 6) is -0.759. The fraction of sp³-hybridized carbons (Fsp3) is 0.154. The van der Waals surface area contributed by atoms with Crippen LogP contribution in [0.3, 0.4) is 0 Å². The van der Waals surface area contributed by atoms with Crippen LogP contribution in [0.1, 0.15) is 16.1 Å². The molecule has 0 fully saturated rings. The van der Waals surface area contributed by atoms with E-state index < -0.39 is 10.8 Å². The van der Waals surface area contributed by atoms with Gasteiger partial charge in [-0.3, -0.25) is 4.79 Å². The number of aromatic nitrogens is 1. The monoisotopic (exact) mass is 275 g/mol. The maximum atomic E-state index is 12.0. The summed E-state index contributed by atoms with van der Waals surface area (Å²) in [7, 11) is 1.43. The zero-order valence-electron chi connectivity index (χ0n) is 11.0. The summed E-state index contributed by atoms with van der Waals surface area (Å²) in [5.41, 5.74) is 1.25. The Labute approximate surface area is 114 Å². The van der Waals surface area contributed by atoms with E-state index in [-0.39, 0.29) is 22.9 Å². The number of carbonyl (C=O) groups excluding carboxylic acids is 1. The largest absolute Gasteiger partial charge is 0.506 e. The number of aryl methyl sites for hydroxylation is 1. The van der Waals surface area contributed by atoms with Gasteiger partial charge in [0.25, 0.3) is 5.91 Å². The van der Waals surface area contributed by atoms with Gasteiger partial charge in [0.05, 0.1) is 12.7 Å². The third kappa shape index (κ3) is 2.46. The maximum Gasteiger partial charge on any atom is 0.323 e. The van der Waals surface area contributed by atoms with Crippen molar-refractivity contribution in [2.24, 2.45) is 7.05 Å². The second-order valence-electron chi connectivity index (χ2n) is 4.37. The molecule has 0 aliphatic rings. The molecule has 0 aliphatic carbocycles. The number of nitro groups is 1. The predicted octanol–water partition coefficient (Wildman–Crippen LogP) is 2.20. The highest BCUT2D eigenvalue weighted by molar-refractivity contribution is 6.04. The molecule has 7 heteroatoms. The number of hydrogen-bond donors (Lipinski definition) is 2. The van der Waals surface area contributed by atoms with E-state index in [9.17, 15) is 20.0 Å². The van der Waals surface area contributed by atoms with E-state index in [1.54, 1.807) is 12.1 Å². The molecule has 0 radical (unpaired) electrons. The summed E-state index contributed by atoms with van der Waals surface area (Å²) in [6.45, 7) is 1.81. The minimum atomic E-state index is -0.569. The topological polar surface area (TPSA) is 97.4 Å². The van der Waals surface area contributed by atoms with Crippen LogP contribution in [0.4, 0.5) is 11.5 Å². The molecule has 0 saturated carbocycles. The van der Waals surface area contributed by atoms with Crippen LogP contribution in [0.2, 0.25) is 0 Å². The van der Waals surface area contributed by atoms with Gasteiger partial charge >= 0.3 is 5.82 Å². The minimum Gasteiger partial charge on any atom is -0.506 e. The molecule has 2 rings (SSSR count). The van der Waals surface area contributed by atoms with Gasteiger partial charge in [-0.2, -0.15) is 0 Å². The summed E-state index contributed by atoms with van der Waals surface area (Å²) >= 11 is 0. The first-order chi connectivity index (χ1) is 9.40. The Bertz CT molecular complexity index is 691. The summed E-state index contributed by atoms with van der Waals surface area (Å²) in [5, 5.41) is 23.0. The number of anilines is 1. The van der Waals surface area contributed by atoms with Crippen LogP contribution in [-0.2, 0) is 7.05 Å². The first-order valence-electron chi connectivity index (χ1n) is 5.81. The van der Waals surface area contributed by atoms with Crippen molar-refractivity contribution >= 4 is 17.4 Å². The number of rotatable bonds is 3. The average Bonchev–Trinajstić information content (AvgIpc) is 2.74. The predicted molar refractivity (Wildman–Crippen MR) is 72.9 cm³/mol. The lowest BCUT2D eigenvalue weighted by molar-refractivity contribution is -0.391. The lowest BCUT2D eigenvalue weighted by atomic mass is 10.2. The molecule has 0 unspecified atom stereocenters. The molecule has 0 saturated heterocycles. The lowest BCUT2D eigenvalue weighted by Gasteiger charge is -2.07. The fourth-order valence-electron chi connectivity index (χ4n) is 1.85. The van der Waals surface area contributed by atoms with Crippen molar-refractivity contribution in [2.45, 2.75) is 6.92 Å². The van der Waals surface area contributed by atoms with Crippen LogP contribution in [0.5, 0.6) is 5.75 Å². The number of aromatic hydroxyl groups is 1. The first-order valence-corrected chi connectivity index (χ1v) is 5.81. The molecule has 20 heavy (non-hydrogen) atoms.